The van der Waals surface area contributed by atoms with E-state index in [0.717, 1.165) is 0 Å². The predicted octanol–water partition coefficient (Wildman–Crippen LogP) is 1.83. The van der Waals surface area contributed by atoms with E-state index in [1.165, 1.54) is 12.1 Å². The third-order valence-electron chi connectivity index (χ3n) is 0.733. The average Bonchev–Trinajstić information content (AvgIpc) is 1.69. The Labute approximate surface area is 41.6 Å². The Kier molecular flexibility index (Phi) is 1.07. The monoisotopic (exact) mass is 102 g/mol. The van der Waals surface area contributed by atoms with Crippen molar-refractivity contribution in [2.75, 3.05) is 0 Å². The molecule has 0 heterocycles. The second kappa shape index (κ2) is 1.73. The van der Waals surface area contributed by atoms with Crippen molar-refractivity contribution >= 4 is 0 Å². The van der Waals surface area contributed by atoms with Crippen LogP contribution in [-0.2, 0) is 0 Å². The molecule has 1 rings (SSSR count). The molecule has 0 aliphatic rings. The maximum Gasteiger partial charge on any atom is 0.123 e. The lowest BCUT2D eigenvalue weighted by Gasteiger charge is -1.78. The first-order chi connectivity index (χ1) is 3.39. The molecule has 0 radical (unpaired) electrons. The fourth-order valence-electron chi connectivity index (χ4n) is 0.415. The highest BCUT2D eigenvalue weighted by Crippen LogP contribution is 1.91. The van der Waals surface area contributed by atoms with E-state index < -0.39 is 0 Å². The van der Waals surface area contributed by atoms with Crippen LogP contribution in [0.5, 0.6) is 0 Å². The Morgan fingerprint density at radius 3 is 1.86 bits per heavy atom. The van der Waals surface area contributed by atoms with Gasteiger partial charge in [-0.3, -0.25) is 0 Å². The minimum atomic E-state index is -0.178. The maximum atomic E-state index is 11.9. The van der Waals surface area contributed by atoms with Crippen LogP contribution in [0.15, 0.2) is 30.3 Å². The summed E-state index contributed by atoms with van der Waals surface area (Å²) in [5, 5.41) is 0. The zero-order valence-corrected chi connectivity index (χ0v) is 3.76. The largest absolute Gasteiger partial charge is 0.207 e. The summed E-state index contributed by atoms with van der Waals surface area (Å²) in [6.45, 7) is 0. The van der Waals surface area contributed by atoms with Gasteiger partial charge in [0.15, 0.2) is 0 Å². The van der Waals surface area contributed by atoms with Gasteiger partial charge in [0.1, 0.15) is 5.82 Å². The van der Waals surface area contributed by atoms with Crippen molar-refractivity contribution in [2.45, 2.75) is 0 Å². The molecule has 0 aliphatic heterocycles. The van der Waals surface area contributed by atoms with Crippen molar-refractivity contribution in [1.82, 2.24) is 0 Å². The van der Waals surface area contributed by atoms with Crippen LogP contribution in [0.3, 0.4) is 0 Å². The average molecular weight is 102 g/mol. The van der Waals surface area contributed by atoms with Gasteiger partial charge in [-0.15, -0.1) is 0 Å². The van der Waals surface area contributed by atoms with Gasteiger partial charge in [0.25, 0.3) is 0 Å². The summed E-state index contributed by atoms with van der Waals surface area (Å²) in [5.74, 6) is -0.178. The molecular weight excluding hydrogens is 97.0 g/mol. The van der Waals surface area contributed by atoms with Gasteiger partial charge in [0.2, 0.25) is 0 Å². The third-order valence-corrected chi connectivity index (χ3v) is 0.733. The Bertz CT molecular complexity index is 134. The molecule has 1 heteroatoms. The molecule has 1 aromatic carbocycles. The van der Waals surface area contributed by atoms with E-state index in [1.807, 2.05) is 0 Å². The minimum absolute atomic E-state index is 0.178. The molecule has 1 aromatic rings. The molecule has 0 fully saturated rings. The van der Waals surface area contributed by atoms with Crippen molar-refractivity contribution < 1.29 is 4.39 Å². The Morgan fingerprint density at radius 1 is 1.00 bits per heavy atom. The van der Waals surface area contributed by atoms with Crippen LogP contribution in [0, 0.1) is 5.82 Å². The molecule has 0 saturated heterocycles. The highest BCUT2D eigenvalue weighted by atomic mass is 19.2. The number of halogens is 1. The molecule has 0 N–H and O–H groups in total. The quantitative estimate of drug-likeness (QED) is 0.468. The first kappa shape index (κ1) is 4.31. The summed E-state index contributed by atoms with van der Waals surface area (Å²) in [6, 6.07) is 7.94. The Balaban J connectivity index is 3.02. The molecule has 36 valence electrons. The van der Waals surface area contributed by atoms with E-state index in [2.05, 4.69) is 0 Å². The molecule has 0 unspecified atom stereocenters. The van der Waals surface area contributed by atoms with Gasteiger partial charge >= 0.3 is 0 Å². The molecule has 0 saturated carbocycles. The van der Waals surface area contributed by atoms with Crippen LogP contribution in [-0.4, -0.2) is 0 Å². The normalized spacial score (nSPS) is 8.71. The van der Waals surface area contributed by atoms with Gasteiger partial charge < -0.3 is 0 Å². The maximum absolute atomic E-state index is 11.9. The van der Waals surface area contributed by atoms with Crippen LogP contribution in [0.25, 0.3) is 0 Å². The molecule has 0 aromatic heterocycles. The second-order valence-corrected chi connectivity index (χ2v) is 1.30. The van der Waals surface area contributed by atoms with Crippen LogP contribution >= 0.6 is 0 Å². The van der Waals surface area contributed by atoms with E-state index in [0.29, 0.717) is 0 Å². The van der Waals surface area contributed by atoms with Gasteiger partial charge in [0.05, 0.1) is 0 Å². The summed E-state index contributed by atoms with van der Waals surface area (Å²) >= 11 is 0. The topological polar surface area (TPSA) is 0 Å². The van der Waals surface area contributed by atoms with Crippen molar-refractivity contribution in [1.29, 1.82) is 0 Å². The molecule has 0 amide bonds. The standard InChI is InChI=1S/C6H5F/c7-6-4-2-1-3-5-6/h1-5H/i1+1,2+1,3+1,4+1,5+1,6+1. The van der Waals surface area contributed by atoms with E-state index in [-0.39, 0.29) is 5.82 Å². The summed E-state index contributed by atoms with van der Waals surface area (Å²) < 4.78 is 11.9. The highest BCUT2D eigenvalue weighted by molar-refractivity contribution is 5.02. The smallest absolute Gasteiger partial charge is 0.123 e. The summed E-state index contributed by atoms with van der Waals surface area (Å²) in [6.07, 6.45) is 0. The Morgan fingerprint density at radius 2 is 1.57 bits per heavy atom. The molecule has 0 atom stereocenters. The molecule has 0 bridgehead atoms. The van der Waals surface area contributed by atoms with Gasteiger partial charge in [-0.1, -0.05) is 18.2 Å². The Hall–Kier alpha value is -0.850. The van der Waals surface area contributed by atoms with E-state index in [4.69, 9.17) is 0 Å². The van der Waals surface area contributed by atoms with Crippen molar-refractivity contribution in [3.63, 3.8) is 0 Å². The number of benzene rings is 1. The zero-order valence-electron chi connectivity index (χ0n) is 3.76. The number of rotatable bonds is 0. The zero-order chi connectivity index (χ0) is 5.11. The van der Waals surface area contributed by atoms with Crippen LogP contribution in [0.4, 0.5) is 4.39 Å². The predicted molar refractivity (Wildman–Crippen MR) is 26.4 cm³/mol. The molecule has 0 spiro atoms. The fourth-order valence-corrected chi connectivity index (χ4v) is 0.415. The third kappa shape index (κ3) is 1.000. The van der Waals surface area contributed by atoms with Crippen LogP contribution < -0.4 is 0 Å². The van der Waals surface area contributed by atoms with E-state index in [1.54, 1.807) is 18.2 Å². The van der Waals surface area contributed by atoms with Gasteiger partial charge in [-0.25, -0.2) is 4.39 Å². The highest BCUT2D eigenvalue weighted by Gasteiger charge is 1.77. The summed E-state index contributed by atoms with van der Waals surface area (Å²) in [7, 11) is 0. The van der Waals surface area contributed by atoms with E-state index >= 15 is 0 Å². The number of hydrogen-bond donors (Lipinski definition) is 0. The lowest BCUT2D eigenvalue weighted by Crippen LogP contribution is -1.63. The van der Waals surface area contributed by atoms with Gasteiger partial charge in [0, 0.05) is 0 Å². The number of hydrogen-bond acceptors (Lipinski definition) is 0. The van der Waals surface area contributed by atoms with Crippen molar-refractivity contribution in [3.05, 3.63) is 36.1 Å². The lowest BCUT2D eigenvalue weighted by atomic mass is 11.3. The van der Waals surface area contributed by atoms with Gasteiger partial charge in [-0.05, 0) is 12.1 Å². The molecule has 0 nitrogen and oxygen atoms in total. The summed E-state index contributed by atoms with van der Waals surface area (Å²) in [4.78, 5) is 0. The SMILES string of the molecule is F[13c]1[13cH][13cH][13cH][13cH][13cH]1. The van der Waals surface area contributed by atoms with Crippen molar-refractivity contribution in [2.24, 2.45) is 0 Å². The van der Waals surface area contributed by atoms with E-state index in [9.17, 15) is 4.39 Å². The van der Waals surface area contributed by atoms with Crippen molar-refractivity contribution in [3.8, 4) is 0 Å². The molecule has 0 aliphatic carbocycles. The van der Waals surface area contributed by atoms with Crippen LogP contribution in [0.1, 0.15) is 0 Å². The second-order valence-electron chi connectivity index (χ2n) is 1.30. The fraction of sp³-hybridized carbons (Fsp3) is 0. The minimum Gasteiger partial charge on any atom is -0.207 e. The van der Waals surface area contributed by atoms with Gasteiger partial charge in [-0.2, -0.15) is 0 Å². The molecule has 7 heavy (non-hydrogen) atoms. The lowest BCUT2D eigenvalue weighted by molar-refractivity contribution is 0.628. The molecular formula is C6H5F. The first-order valence-electron chi connectivity index (χ1n) is 2.10. The summed E-state index contributed by atoms with van der Waals surface area (Å²) in [5.41, 5.74) is 0. The van der Waals surface area contributed by atoms with Crippen LogP contribution in [0.2, 0.25) is 0 Å². The first-order valence-corrected chi connectivity index (χ1v) is 2.10.